The van der Waals surface area contributed by atoms with Gasteiger partial charge in [-0.3, -0.25) is 14.9 Å². The lowest BCUT2D eigenvalue weighted by Crippen LogP contribution is -2.29. The lowest BCUT2D eigenvalue weighted by molar-refractivity contribution is -0.384. The Bertz CT molecular complexity index is 985. The molecule has 0 unspecified atom stereocenters. The molecule has 1 heterocycles. The summed E-state index contributed by atoms with van der Waals surface area (Å²) < 4.78 is 1.64. The maximum absolute atomic E-state index is 12.8. The van der Waals surface area contributed by atoms with Crippen LogP contribution in [-0.4, -0.2) is 44.6 Å². The van der Waals surface area contributed by atoms with Crippen molar-refractivity contribution in [1.29, 1.82) is 0 Å². The number of benzene rings is 2. The summed E-state index contributed by atoms with van der Waals surface area (Å²) in [6.07, 6.45) is 3.07. The van der Waals surface area contributed by atoms with E-state index in [1.807, 2.05) is 31.2 Å². The molecule has 144 valence electrons. The molecule has 0 aliphatic heterocycles. The summed E-state index contributed by atoms with van der Waals surface area (Å²) in [5.41, 5.74) is 2.29. The van der Waals surface area contributed by atoms with Crippen molar-refractivity contribution in [2.75, 3.05) is 19.4 Å². The highest BCUT2D eigenvalue weighted by atomic mass is 16.6. The fourth-order valence-electron chi connectivity index (χ4n) is 2.88. The van der Waals surface area contributed by atoms with Crippen LogP contribution < -0.4 is 5.32 Å². The number of nitro groups is 1. The van der Waals surface area contributed by atoms with E-state index in [1.54, 1.807) is 36.1 Å². The Kier molecular flexibility index (Phi) is 5.35. The van der Waals surface area contributed by atoms with Crippen LogP contribution in [0.15, 0.2) is 55.1 Å². The van der Waals surface area contributed by atoms with Gasteiger partial charge in [-0.2, -0.15) is 5.10 Å². The first kappa shape index (κ1) is 19.0. The predicted octanol–water partition coefficient (Wildman–Crippen LogP) is 3.05. The summed E-state index contributed by atoms with van der Waals surface area (Å²) in [4.78, 5) is 29.1. The summed E-state index contributed by atoms with van der Waals surface area (Å²) >= 11 is 0. The number of carbonyl (C=O) groups excluding carboxylic acids is 1. The van der Waals surface area contributed by atoms with Gasteiger partial charge in [0.1, 0.15) is 18.3 Å². The molecule has 0 saturated heterocycles. The highest BCUT2D eigenvalue weighted by molar-refractivity contribution is 5.95. The lowest BCUT2D eigenvalue weighted by atomic mass is 10.1. The average Bonchev–Trinajstić information content (AvgIpc) is 3.26. The number of rotatable bonds is 6. The third-order valence-corrected chi connectivity index (χ3v) is 4.67. The first-order valence-electron chi connectivity index (χ1n) is 8.60. The van der Waals surface area contributed by atoms with Gasteiger partial charge in [-0.05, 0) is 36.8 Å². The van der Waals surface area contributed by atoms with E-state index in [9.17, 15) is 14.9 Å². The number of aromatic nitrogens is 3. The molecule has 3 aromatic rings. The molecule has 1 atom stereocenters. The minimum Gasteiger partial charge on any atom is -0.383 e. The number of hydrogen-bond donors (Lipinski definition) is 1. The molecule has 1 amide bonds. The third-order valence-electron chi connectivity index (χ3n) is 4.67. The van der Waals surface area contributed by atoms with E-state index in [0.29, 0.717) is 5.69 Å². The molecular formula is C19H20N6O3. The van der Waals surface area contributed by atoms with E-state index >= 15 is 0 Å². The van der Waals surface area contributed by atoms with Crippen LogP contribution in [0.5, 0.6) is 0 Å². The Hall–Kier alpha value is -3.75. The highest BCUT2D eigenvalue weighted by Crippen LogP contribution is 2.27. The quantitative estimate of drug-likeness (QED) is 0.520. The predicted molar refractivity (Wildman–Crippen MR) is 105 cm³/mol. The molecule has 0 saturated carbocycles. The van der Waals surface area contributed by atoms with Crippen molar-refractivity contribution >= 4 is 17.3 Å². The molecule has 0 aliphatic rings. The molecule has 0 aliphatic carbocycles. The molecule has 1 N–H and O–H groups in total. The smallest absolute Gasteiger partial charge is 0.293 e. The average molecular weight is 380 g/mol. The first-order valence-corrected chi connectivity index (χ1v) is 8.60. The Morgan fingerprint density at radius 3 is 2.54 bits per heavy atom. The molecule has 3 rings (SSSR count). The molecule has 0 fully saturated rings. The highest BCUT2D eigenvalue weighted by Gasteiger charge is 2.22. The van der Waals surface area contributed by atoms with Crippen LogP contribution in [0.1, 0.15) is 28.9 Å². The summed E-state index contributed by atoms with van der Waals surface area (Å²) in [6, 6.07) is 11.8. The Balaban J connectivity index is 1.81. The SMILES string of the molecule is CNc1ccc(C(=O)N(C)[C@H](C)c2ccc(-n3cncn3)cc2)cc1[N+](=O)[O-]. The first-order chi connectivity index (χ1) is 13.4. The summed E-state index contributed by atoms with van der Waals surface area (Å²) in [7, 11) is 3.27. The van der Waals surface area contributed by atoms with Crippen molar-refractivity contribution in [1.82, 2.24) is 19.7 Å². The van der Waals surface area contributed by atoms with Gasteiger partial charge in [-0.1, -0.05) is 12.1 Å². The molecule has 9 nitrogen and oxygen atoms in total. The normalized spacial score (nSPS) is 11.7. The van der Waals surface area contributed by atoms with E-state index < -0.39 is 4.92 Å². The Morgan fingerprint density at radius 2 is 1.96 bits per heavy atom. The van der Waals surface area contributed by atoms with Crippen LogP contribution in [-0.2, 0) is 0 Å². The summed E-state index contributed by atoms with van der Waals surface area (Å²) in [5, 5.41) is 18.1. The van der Waals surface area contributed by atoms with Gasteiger partial charge in [0.25, 0.3) is 11.6 Å². The molecule has 28 heavy (non-hydrogen) atoms. The van der Waals surface area contributed by atoms with Crippen LogP contribution in [0.2, 0.25) is 0 Å². The van der Waals surface area contributed by atoms with Gasteiger partial charge in [0.05, 0.1) is 16.7 Å². The largest absolute Gasteiger partial charge is 0.383 e. The molecule has 0 radical (unpaired) electrons. The standard InChI is InChI=1S/C19H20N6O3/c1-13(14-4-7-16(8-5-14)24-12-21-11-22-24)23(3)19(26)15-6-9-17(20-2)18(10-15)25(27)28/h4-13,20H,1-3H3/t13-/m1/s1. The fourth-order valence-corrected chi connectivity index (χ4v) is 2.88. The van der Waals surface area contributed by atoms with Gasteiger partial charge in [-0.15, -0.1) is 0 Å². The zero-order valence-corrected chi connectivity index (χ0v) is 15.7. The van der Waals surface area contributed by atoms with E-state index in [-0.39, 0.29) is 23.2 Å². The Labute approximate surface area is 161 Å². The maximum Gasteiger partial charge on any atom is 0.293 e. The second-order valence-corrected chi connectivity index (χ2v) is 6.26. The monoisotopic (exact) mass is 380 g/mol. The van der Waals surface area contributed by atoms with E-state index in [2.05, 4.69) is 15.4 Å². The zero-order valence-electron chi connectivity index (χ0n) is 15.7. The van der Waals surface area contributed by atoms with E-state index in [1.165, 1.54) is 18.5 Å². The number of hydrogen-bond acceptors (Lipinski definition) is 6. The molecular weight excluding hydrogens is 360 g/mol. The topological polar surface area (TPSA) is 106 Å². The van der Waals surface area contributed by atoms with Crippen molar-refractivity contribution in [2.45, 2.75) is 13.0 Å². The van der Waals surface area contributed by atoms with E-state index in [0.717, 1.165) is 11.3 Å². The van der Waals surface area contributed by atoms with Crippen molar-refractivity contribution < 1.29 is 9.72 Å². The molecule has 1 aromatic heterocycles. The number of carbonyl (C=O) groups is 1. The number of amides is 1. The molecule has 2 aromatic carbocycles. The minimum absolute atomic E-state index is 0.133. The molecule has 0 bridgehead atoms. The van der Waals surface area contributed by atoms with Gasteiger partial charge in [0, 0.05) is 25.7 Å². The van der Waals surface area contributed by atoms with Crippen LogP contribution in [0.25, 0.3) is 5.69 Å². The third kappa shape index (κ3) is 3.68. The number of nitro benzene ring substituents is 1. The molecule has 9 heteroatoms. The van der Waals surface area contributed by atoms with Gasteiger partial charge in [0.15, 0.2) is 0 Å². The lowest BCUT2D eigenvalue weighted by Gasteiger charge is -2.25. The van der Waals surface area contributed by atoms with Gasteiger partial charge >= 0.3 is 0 Å². The van der Waals surface area contributed by atoms with Crippen molar-refractivity contribution in [3.8, 4) is 5.69 Å². The van der Waals surface area contributed by atoms with E-state index in [4.69, 9.17) is 0 Å². The summed E-state index contributed by atoms with van der Waals surface area (Å²) in [5.74, 6) is -0.293. The van der Waals surface area contributed by atoms with Gasteiger partial charge in [0.2, 0.25) is 0 Å². The van der Waals surface area contributed by atoms with Crippen molar-refractivity contribution in [2.24, 2.45) is 0 Å². The second kappa shape index (κ2) is 7.87. The number of nitrogens with one attached hydrogen (secondary N) is 1. The second-order valence-electron chi connectivity index (χ2n) is 6.26. The fraction of sp³-hybridized carbons (Fsp3) is 0.211. The van der Waals surface area contributed by atoms with Gasteiger partial charge in [-0.25, -0.2) is 9.67 Å². The van der Waals surface area contributed by atoms with Crippen molar-refractivity contribution in [3.63, 3.8) is 0 Å². The maximum atomic E-state index is 12.8. The zero-order chi connectivity index (χ0) is 20.3. The summed E-state index contributed by atoms with van der Waals surface area (Å²) in [6.45, 7) is 1.90. The van der Waals surface area contributed by atoms with Crippen molar-refractivity contribution in [3.05, 3.63) is 76.4 Å². The Morgan fingerprint density at radius 1 is 1.25 bits per heavy atom. The number of anilines is 1. The van der Waals surface area contributed by atoms with Gasteiger partial charge < -0.3 is 10.2 Å². The molecule has 0 spiro atoms. The van der Waals surface area contributed by atoms with Crippen LogP contribution >= 0.6 is 0 Å². The minimum atomic E-state index is -0.505. The number of nitrogens with zero attached hydrogens (tertiary/aromatic N) is 5. The van der Waals surface area contributed by atoms with Crippen LogP contribution in [0.3, 0.4) is 0 Å². The van der Waals surface area contributed by atoms with Crippen LogP contribution in [0.4, 0.5) is 11.4 Å². The van der Waals surface area contributed by atoms with Crippen LogP contribution in [0, 0.1) is 10.1 Å².